The van der Waals surface area contributed by atoms with Gasteiger partial charge in [0.2, 0.25) is 5.91 Å². The van der Waals surface area contributed by atoms with Gasteiger partial charge in [-0.3, -0.25) is 14.2 Å². The zero-order chi connectivity index (χ0) is 22.3. The first-order chi connectivity index (χ1) is 15.7. The Balaban J connectivity index is 1.22. The van der Waals surface area contributed by atoms with Crippen LogP contribution in [0.25, 0.3) is 5.69 Å². The van der Waals surface area contributed by atoms with Gasteiger partial charge in [-0.05, 0) is 42.7 Å². The molecule has 1 aliphatic rings. The van der Waals surface area contributed by atoms with E-state index in [1.165, 1.54) is 5.69 Å². The smallest absolute Gasteiger partial charge is 0.251 e. The highest BCUT2D eigenvalue weighted by atomic mass is 32.2. The summed E-state index contributed by atoms with van der Waals surface area (Å²) in [7, 11) is 0. The molecule has 1 aromatic heterocycles. The molecular formula is C24H27N5O2S. The number of hydrogen-bond acceptors (Lipinski definition) is 5. The molecule has 32 heavy (non-hydrogen) atoms. The maximum absolute atomic E-state index is 12.5. The number of aromatic nitrogens is 2. The molecule has 2 amide bonds. The van der Waals surface area contributed by atoms with Gasteiger partial charge in [-0.15, -0.1) is 0 Å². The molecule has 0 saturated carbocycles. The highest BCUT2D eigenvalue weighted by Gasteiger charge is 2.21. The first-order valence-corrected chi connectivity index (χ1v) is 11.9. The number of imidazole rings is 1. The van der Waals surface area contributed by atoms with Crippen LogP contribution < -0.4 is 10.2 Å². The lowest BCUT2D eigenvalue weighted by Gasteiger charge is -2.36. The molecule has 0 bridgehead atoms. The Bertz CT molecular complexity index is 1040. The van der Waals surface area contributed by atoms with Crippen molar-refractivity contribution in [1.82, 2.24) is 19.8 Å². The minimum atomic E-state index is -0.172. The minimum absolute atomic E-state index is 0.0815. The molecule has 0 atom stereocenters. The van der Waals surface area contributed by atoms with Crippen LogP contribution in [-0.2, 0) is 4.79 Å². The lowest BCUT2D eigenvalue weighted by Crippen LogP contribution is -2.49. The molecule has 1 N–H and O–H groups in total. The quantitative estimate of drug-likeness (QED) is 0.562. The van der Waals surface area contributed by atoms with Crippen molar-refractivity contribution in [2.45, 2.75) is 11.6 Å². The molecule has 1 aliphatic heterocycles. The Labute approximate surface area is 192 Å². The van der Waals surface area contributed by atoms with Gasteiger partial charge in [-0.25, -0.2) is 4.98 Å². The fraction of sp³-hybridized carbons (Fsp3) is 0.292. The van der Waals surface area contributed by atoms with Crippen molar-refractivity contribution in [3.05, 3.63) is 72.6 Å². The lowest BCUT2D eigenvalue weighted by atomic mass is 10.2. The van der Waals surface area contributed by atoms with E-state index >= 15 is 0 Å². The van der Waals surface area contributed by atoms with Gasteiger partial charge in [-0.1, -0.05) is 30.0 Å². The first-order valence-electron chi connectivity index (χ1n) is 10.7. The number of carbonyl (C=O) groups excluding carboxylic acids is 2. The second-order valence-electron chi connectivity index (χ2n) is 7.54. The van der Waals surface area contributed by atoms with E-state index in [9.17, 15) is 9.59 Å². The minimum Gasteiger partial charge on any atom is -0.368 e. The van der Waals surface area contributed by atoms with Gasteiger partial charge < -0.3 is 15.1 Å². The van der Waals surface area contributed by atoms with Gasteiger partial charge in [0.15, 0.2) is 5.16 Å². The molecule has 3 aromatic rings. The number of piperazine rings is 1. The van der Waals surface area contributed by atoms with E-state index in [0.29, 0.717) is 31.6 Å². The largest absolute Gasteiger partial charge is 0.368 e. The molecule has 2 heterocycles. The summed E-state index contributed by atoms with van der Waals surface area (Å²) in [5, 5.41) is 3.75. The second-order valence-corrected chi connectivity index (χ2v) is 8.31. The van der Waals surface area contributed by atoms with Gasteiger partial charge in [0.1, 0.15) is 0 Å². The van der Waals surface area contributed by atoms with Gasteiger partial charge in [-0.2, -0.15) is 0 Å². The zero-order valence-corrected chi connectivity index (χ0v) is 18.9. The van der Waals surface area contributed by atoms with Crippen LogP contribution in [0.5, 0.6) is 0 Å². The summed E-state index contributed by atoms with van der Waals surface area (Å²) in [6, 6.07) is 17.6. The van der Waals surface area contributed by atoms with Crippen molar-refractivity contribution >= 4 is 29.3 Å². The van der Waals surface area contributed by atoms with Gasteiger partial charge >= 0.3 is 0 Å². The van der Waals surface area contributed by atoms with Crippen molar-refractivity contribution in [3.63, 3.8) is 0 Å². The SMILES string of the molecule is CSc1nccn1-c1ccc(C(=O)NCCC(=O)N2CCN(c3ccccc3)CC2)cc1. The average molecular weight is 450 g/mol. The molecule has 4 rings (SSSR count). The number of hydrogen-bond donors (Lipinski definition) is 1. The van der Waals surface area contributed by atoms with Crippen molar-refractivity contribution in [2.24, 2.45) is 0 Å². The molecule has 0 aliphatic carbocycles. The summed E-state index contributed by atoms with van der Waals surface area (Å²) in [6.45, 7) is 3.38. The summed E-state index contributed by atoms with van der Waals surface area (Å²) < 4.78 is 1.97. The predicted molar refractivity (Wildman–Crippen MR) is 128 cm³/mol. The summed E-state index contributed by atoms with van der Waals surface area (Å²) in [5.41, 5.74) is 2.72. The average Bonchev–Trinajstić information content (AvgIpc) is 3.33. The second kappa shape index (κ2) is 10.4. The molecule has 0 spiro atoms. The van der Waals surface area contributed by atoms with Crippen molar-refractivity contribution < 1.29 is 9.59 Å². The van der Waals surface area contributed by atoms with Crippen LogP contribution in [0, 0.1) is 0 Å². The lowest BCUT2D eigenvalue weighted by molar-refractivity contribution is -0.131. The van der Waals surface area contributed by atoms with Crippen molar-refractivity contribution in [2.75, 3.05) is 43.9 Å². The molecule has 7 nitrogen and oxygen atoms in total. The van der Waals surface area contributed by atoms with Crippen LogP contribution in [0.1, 0.15) is 16.8 Å². The molecule has 1 saturated heterocycles. The van der Waals surface area contributed by atoms with Crippen LogP contribution >= 0.6 is 11.8 Å². The standard InChI is InChI=1S/C24H27N5O2S/c1-32-24-26-13-14-29(24)21-9-7-19(8-10-21)23(31)25-12-11-22(30)28-17-15-27(16-18-28)20-5-3-2-4-6-20/h2-10,13-14H,11-12,15-18H2,1H3,(H,25,31). The summed E-state index contributed by atoms with van der Waals surface area (Å²) >= 11 is 1.57. The number of benzene rings is 2. The molecule has 0 unspecified atom stereocenters. The monoisotopic (exact) mass is 449 g/mol. The predicted octanol–water partition coefficient (Wildman–Crippen LogP) is 3.06. The Morgan fingerprint density at radius 3 is 2.38 bits per heavy atom. The third kappa shape index (κ3) is 5.13. The normalized spacial score (nSPS) is 13.8. The number of rotatable bonds is 7. The van der Waals surface area contributed by atoms with E-state index in [1.807, 2.05) is 52.3 Å². The third-order valence-corrected chi connectivity index (χ3v) is 6.24. The highest BCUT2D eigenvalue weighted by Crippen LogP contribution is 2.19. The van der Waals surface area contributed by atoms with Crippen molar-refractivity contribution in [3.8, 4) is 5.69 Å². The van der Waals surface area contributed by atoms with Crippen LogP contribution in [0.15, 0.2) is 72.1 Å². The Hall–Kier alpha value is -3.26. The molecular weight excluding hydrogens is 422 g/mol. The number of nitrogens with zero attached hydrogens (tertiary/aromatic N) is 4. The van der Waals surface area contributed by atoms with Crippen LogP contribution in [0.2, 0.25) is 0 Å². The molecule has 166 valence electrons. The van der Waals surface area contributed by atoms with E-state index in [-0.39, 0.29) is 11.8 Å². The maximum Gasteiger partial charge on any atom is 0.251 e. The molecule has 1 fully saturated rings. The Morgan fingerprint density at radius 1 is 0.969 bits per heavy atom. The number of carbonyl (C=O) groups is 2. The highest BCUT2D eigenvalue weighted by molar-refractivity contribution is 7.98. The van der Waals surface area contributed by atoms with Crippen LogP contribution in [0.4, 0.5) is 5.69 Å². The van der Waals surface area contributed by atoms with Gasteiger partial charge in [0.05, 0.1) is 0 Å². The van der Waals surface area contributed by atoms with E-state index in [4.69, 9.17) is 0 Å². The topological polar surface area (TPSA) is 70.5 Å². The molecule has 8 heteroatoms. The number of amides is 2. The fourth-order valence-electron chi connectivity index (χ4n) is 3.81. The number of thioether (sulfide) groups is 1. The molecule has 2 aromatic carbocycles. The van der Waals surface area contributed by atoms with Gasteiger partial charge in [0, 0.05) is 68.5 Å². The van der Waals surface area contributed by atoms with E-state index in [0.717, 1.165) is 23.9 Å². The van der Waals surface area contributed by atoms with E-state index in [2.05, 4.69) is 27.3 Å². The molecule has 0 radical (unpaired) electrons. The first kappa shape index (κ1) is 22.0. The van der Waals surface area contributed by atoms with Crippen LogP contribution in [0.3, 0.4) is 0 Å². The fourth-order valence-corrected chi connectivity index (χ4v) is 4.34. The summed E-state index contributed by atoms with van der Waals surface area (Å²) in [4.78, 5) is 33.5. The summed E-state index contributed by atoms with van der Waals surface area (Å²) in [6.07, 6.45) is 5.93. The van der Waals surface area contributed by atoms with Gasteiger partial charge in [0.25, 0.3) is 5.91 Å². The van der Waals surface area contributed by atoms with E-state index < -0.39 is 0 Å². The Kier molecular flexibility index (Phi) is 7.11. The van der Waals surface area contributed by atoms with E-state index in [1.54, 1.807) is 30.1 Å². The number of anilines is 1. The maximum atomic E-state index is 12.5. The Morgan fingerprint density at radius 2 is 1.69 bits per heavy atom. The van der Waals surface area contributed by atoms with Crippen molar-refractivity contribution in [1.29, 1.82) is 0 Å². The third-order valence-electron chi connectivity index (χ3n) is 5.58. The zero-order valence-electron chi connectivity index (χ0n) is 18.1. The van der Waals surface area contributed by atoms with Crippen LogP contribution in [-0.4, -0.2) is 65.2 Å². The number of nitrogens with one attached hydrogen (secondary N) is 1. The number of para-hydroxylation sites is 1. The summed E-state index contributed by atoms with van der Waals surface area (Å²) in [5.74, 6) is -0.0907.